The number of hydrogen-bond acceptors (Lipinski definition) is 2. The van der Waals surface area contributed by atoms with Crippen molar-refractivity contribution in [3.8, 4) is 0 Å². The van der Waals surface area contributed by atoms with Gasteiger partial charge in [0.15, 0.2) is 0 Å². The van der Waals surface area contributed by atoms with E-state index >= 15 is 0 Å². The van der Waals surface area contributed by atoms with Crippen LogP contribution >= 0.6 is 0 Å². The van der Waals surface area contributed by atoms with Crippen molar-refractivity contribution in [2.24, 2.45) is 0 Å². The van der Waals surface area contributed by atoms with Crippen LogP contribution in [0.25, 0.3) is 0 Å². The normalized spacial score (nSPS) is 12.2. The van der Waals surface area contributed by atoms with Crippen LogP contribution in [0.2, 0.25) is 0 Å². The molecular formula is C23H22N4O2. The van der Waals surface area contributed by atoms with Gasteiger partial charge in [0.1, 0.15) is 0 Å². The highest BCUT2D eigenvalue weighted by atomic mass is 16.2. The molecule has 1 aliphatic rings. The first-order valence-corrected chi connectivity index (χ1v) is 9.50. The van der Waals surface area contributed by atoms with Gasteiger partial charge in [-0.25, -0.2) is 9.59 Å². The molecule has 1 heterocycles. The molecule has 146 valence electrons. The van der Waals surface area contributed by atoms with Crippen LogP contribution in [-0.2, 0) is 6.42 Å². The quantitative estimate of drug-likeness (QED) is 0.576. The van der Waals surface area contributed by atoms with E-state index in [9.17, 15) is 9.59 Å². The monoisotopic (exact) mass is 386 g/mol. The summed E-state index contributed by atoms with van der Waals surface area (Å²) in [6.45, 7) is 2.57. The predicted molar refractivity (Wildman–Crippen MR) is 117 cm³/mol. The zero-order valence-electron chi connectivity index (χ0n) is 16.1. The number of benzene rings is 3. The first-order valence-electron chi connectivity index (χ1n) is 9.50. The van der Waals surface area contributed by atoms with E-state index in [-0.39, 0.29) is 12.1 Å². The van der Waals surface area contributed by atoms with Crippen molar-refractivity contribution >= 4 is 34.8 Å². The summed E-state index contributed by atoms with van der Waals surface area (Å²) in [7, 11) is 0. The Morgan fingerprint density at radius 3 is 2.38 bits per heavy atom. The number of rotatable bonds is 3. The zero-order chi connectivity index (χ0) is 20.2. The molecule has 0 radical (unpaired) electrons. The third kappa shape index (κ3) is 4.21. The SMILES string of the molecule is Cc1ccc(NC(=O)Nc2ccccc2)cc1NC(=O)N1CCc2ccccc21. The minimum atomic E-state index is -0.342. The molecule has 4 amide bonds. The predicted octanol–water partition coefficient (Wildman–Crippen LogP) is 5.23. The first kappa shape index (κ1) is 18.6. The minimum absolute atomic E-state index is 0.177. The van der Waals surface area contributed by atoms with Gasteiger partial charge in [0.05, 0.1) is 0 Å². The highest BCUT2D eigenvalue weighted by Gasteiger charge is 2.24. The molecule has 4 rings (SSSR count). The summed E-state index contributed by atoms with van der Waals surface area (Å²) < 4.78 is 0. The summed E-state index contributed by atoms with van der Waals surface area (Å²) in [4.78, 5) is 26.8. The standard InChI is InChI=1S/C23H22N4O2/c1-16-11-12-19(25-22(28)24-18-8-3-2-4-9-18)15-20(16)26-23(29)27-14-13-17-7-5-6-10-21(17)27/h2-12,15H,13-14H2,1H3,(H,26,29)(H2,24,25,28). The van der Waals surface area contributed by atoms with Crippen molar-refractivity contribution < 1.29 is 9.59 Å². The number of hydrogen-bond donors (Lipinski definition) is 3. The highest BCUT2D eigenvalue weighted by molar-refractivity contribution is 6.04. The fraction of sp³-hybridized carbons (Fsp3) is 0.130. The van der Waals surface area contributed by atoms with Crippen LogP contribution in [0.15, 0.2) is 72.8 Å². The van der Waals surface area contributed by atoms with Crippen molar-refractivity contribution in [2.75, 3.05) is 27.4 Å². The molecule has 6 heteroatoms. The van der Waals surface area contributed by atoms with Crippen LogP contribution < -0.4 is 20.9 Å². The van der Waals surface area contributed by atoms with E-state index in [1.54, 1.807) is 17.0 Å². The first-order chi connectivity index (χ1) is 14.1. The van der Waals surface area contributed by atoms with Crippen LogP contribution in [0, 0.1) is 6.92 Å². The third-order valence-corrected chi connectivity index (χ3v) is 4.90. The maximum absolute atomic E-state index is 12.8. The van der Waals surface area contributed by atoms with E-state index in [2.05, 4.69) is 16.0 Å². The number of nitrogens with one attached hydrogen (secondary N) is 3. The molecule has 0 aliphatic carbocycles. The molecule has 3 aromatic rings. The fourth-order valence-electron chi connectivity index (χ4n) is 3.38. The number of carbonyl (C=O) groups excluding carboxylic acids is 2. The third-order valence-electron chi connectivity index (χ3n) is 4.90. The number of nitrogens with zero attached hydrogens (tertiary/aromatic N) is 1. The molecule has 0 fully saturated rings. The van der Waals surface area contributed by atoms with Crippen LogP contribution in [0.4, 0.5) is 32.3 Å². The molecule has 1 aliphatic heterocycles. The second kappa shape index (κ2) is 8.06. The fourth-order valence-corrected chi connectivity index (χ4v) is 3.38. The van der Waals surface area contributed by atoms with Crippen molar-refractivity contribution in [3.63, 3.8) is 0 Å². The van der Waals surface area contributed by atoms with Crippen LogP contribution in [-0.4, -0.2) is 18.6 Å². The summed E-state index contributed by atoms with van der Waals surface area (Å²) >= 11 is 0. The lowest BCUT2D eigenvalue weighted by Crippen LogP contribution is -2.33. The average Bonchev–Trinajstić information content (AvgIpc) is 3.15. The molecular weight excluding hydrogens is 364 g/mol. The molecule has 0 bridgehead atoms. The van der Waals surface area contributed by atoms with E-state index in [1.165, 1.54) is 5.56 Å². The van der Waals surface area contributed by atoms with Crippen LogP contribution in [0.3, 0.4) is 0 Å². The van der Waals surface area contributed by atoms with Gasteiger partial charge in [-0.3, -0.25) is 4.90 Å². The maximum Gasteiger partial charge on any atom is 0.326 e. The number of anilines is 4. The molecule has 0 spiro atoms. The summed E-state index contributed by atoms with van der Waals surface area (Å²) in [6, 6.07) is 22.1. The molecule has 0 atom stereocenters. The Morgan fingerprint density at radius 2 is 1.55 bits per heavy atom. The molecule has 0 saturated carbocycles. The van der Waals surface area contributed by atoms with Gasteiger partial charge in [-0.1, -0.05) is 42.5 Å². The lowest BCUT2D eigenvalue weighted by Gasteiger charge is -2.19. The van der Waals surface area contributed by atoms with E-state index in [0.717, 1.165) is 17.7 Å². The number of fused-ring (bicyclic) bond motifs is 1. The van der Waals surface area contributed by atoms with E-state index in [4.69, 9.17) is 0 Å². The average molecular weight is 386 g/mol. The Morgan fingerprint density at radius 1 is 0.828 bits per heavy atom. The second-order valence-electron chi connectivity index (χ2n) is 6.94. The van der Waals surface area contributed by atoms with Crippen molar-refractivity contribution in [3.05, 3.63) is 83.9 Å². The van der Waals surface area contributed by atoms with Gasteiger partial charge in [-0.15, -0.1) is 0 Å². The summed E-state index contributed by atoms with van der Waals surface area (Å²) in [5.41, 5.74) is 5.00. The Hall–Kier alpha value is -3.80. The summed E-state index contributed by atoms with van der Waals surface area (Å²) in [5.74, 6) is 0. The number of para-hydroxylation sites is 2. The van der Waals surface area contributed by atoms with Gasteiger partial charge in [0, 0.05) is 29.3 Å². The van der Waals surface area contributed by atoms with Crippen molar-refractivity contribution in [1.82, 2.24) is 0 Å². The molecule has 3 aromatic carbocycles. The Balaban J connectivity index is 1.45. The van der Waals surface area contributed by atoms with Gasteiger partial charge in [0.2, 0.25) is 0 Å². The number of amides is 4. The van der Waals surface area contributed by atoms with Crippen LogP contribution in [0.1, 0.15) is 11.1 Å². The number of urea groups is 2. The second-order valence-corrected chi connectivity index (χ2v) is 6.94. The zero-order valence-corrected chi connectivity index (χ0v) is 16.1. The molecule has 6 nitrogen and oxygen atoms in total. The number of carbonyl (C=O) groups is 2. The van der Waals surface area contributed by atoms with Gasteiger partial charge < -0.3 is 16.0 Å². The largest absolute Gasteiger partial charge is 0.326 e. The van der Waals surface area contributed by atoms with E-state index in [1.807, 2.05) is 67.6 Å². The van der Waals surface area contributed by atoms with Gasteiger partial charge >= 0.3 is 12.1 Å². The summed E-state index contributed by atoms with van der Waals surface area (Å²) in [5, 5.41) is 8.55. The highest BCUT2D eigenvalue weighted by Crippen LogP contribution is 2.29. The van der Waals surface area contributed by atoms with Crippen LogP contribution in [0.5, 0.6) is 0 Å². The minimum Gasteiger partial charge on any atom is -0.308 e. The molecule has 0 saturated heterocycles. The lowest BCUT2D eigenvalue weighted by atomic mass is 10.1. The van der Waals surface area contributed by atoms with Crippen molar-refractivity contribution in [1.29, 1.82) is 0 Å². The molecule has 29 heavy (non-hydrogen) atoms. The number of aryl methyl sites for hydroxylation is 1. The lowest BCUT2D eigenvalue weighted by molar-refractivity contribution is 0.257. The Kier molecular flexibility index (Phi) is 5.16. The topological polar surface area (TPSA) is 73.5 Å². The smallest absolute Gasteiger partial charge is 0.308 e. The van der Waals surface area contributed by atoms with Gasteiger partial charge in [-0.2, -0.15) is 0 Å². The summed E-state index contributed by atoms with van der Waals surface area (Å²) in [6.07, 6.45) is 0.851. The van der Waals surface area contributed by atoms with Gasteiger partial charge in [0.25, 0.3) is 0 Å². The Bertz CT molecular complexity index is 1050. The molecule has 0 unspecified atom stereocenters. The molecule has 3 N–H and O–H groups in total. The Labute approximate surface area is 169 Å². The molecule has 0 aromatic heterocycles. The van der Waals surface area contributed by atoms with Gasteiger partial charge in [-0.05, 0) is 54.8 Å². The van der Waals surface area contributed by atoms with Crippen molar-refractivity contribution in [2.45, 2.75) is 13.3 Å². The van der Waals surface area contributed by atoms with E-state index < -0.39 is 0 Å². The van der Waals surface area contributed by atoms with E-state index in [0.29, 0.717) is 23.6 Å². The maximum atomic E-state index is 12.8.